The molecular weight excluding hydrogens is 274 g/mol. The third-order valence-corrected chi connectivity index (χ3v) is 4.42. The van der Waals surface area contributed by atoms with E-state index in [0.717, 1.165) is 0 Å². The molecule has 2 rings (SSSR count). The number of aliphatic hydroxyl groups is 1. The number of carbonyl (C=O) groups is 2. The van der Waals surface area contributed by atoms with Crippen LogP contribution in [0.3, 0.4) is 0 Å². The number of carboxylic acid groups (broad SMARTS) is 1. The molecule has 2 fully saturated rings. The summed E-state index contributed by atoms with van der Waals surface area (Å²) in [5, 5.41) is 20.2. The summed E-state index contributed by atoms with van der Waals surface area (Å²) in [4.78, 5) is 24.9. The van der Waals surface area contributed by atoms with Crippen LogP contribution in [0.4, 0.5) is 4.79 Å². The summed E-state index contributed by atoms with van der Waals surface area (Å²) >= 11 is 0. The van der Waals surface area contributed by atoms with Gasteiger partial charge in [0.25, 0.3) is 0 Å². The molecule has 6 heteroatoms. The van der Waals surface area contributed by atoms with E-state index >= 15 is 0 Å². The summed E-state index contributed by atoms with van der Waals surface area (Å²) in [6.07, 6.45) is 0.341. The topological polar surface area (TPSA) is 87.1 Å². The molecule has 1 heterocycles. The predicted octanol–water partition coefficient (Wildman–Crippen LogP) is 1.86. The van der Waals surface area contributed by atoms with Gasteiger partial charge >= 0.3 is 12.1 Å². The van der Waals surface area contributed by atoms with Crippen molar-refractivity contribution in [1.29, 1.82) is 0 Å². The third kappa shape index (κ3) is 2.61. The second kappa shape index (κ2) is 4.35. The van der Waals surface area contributed by atoms with Crippen molar-refractivity contribution >= 4 is 12.1 Å². The van der Waals surface area contributed by atoms with Crippen LogP contribution in [-0.2, 0) is 9.53 Å². The summed E-state index contributed by atoms with van der Waals surface area (Å²) in [5.41, 5.74) is -3.19. The summed E-state index contributed by atoms with van der Waals surface area (Å²) < 4.78 is 5.23. The Morgan fingerprint density at radius 1 is 1.14 bits per heavy atom. The van der Waals surface area contributed by atoms with E-state index < -0.39 is 28.7 Å². The second-order valence-electron chi connectivity index (χ2n) is 8.27. The van der Waals surface area contributed by atoms with Gasteiger partial charge < -0.3 is 19.8 Å². The van der Waals surface area contributed by atoms with E-state index in [2.05, 4.69) is 0 Å². The highest BCUT2D eigenvalue weighted by atomic mass is 16.6. The van der Waals surface area contributed by atoms with Crippen LogP contribution in [0.25, 0.3) is 0 Å². The normalized spacial score (nSPS) is 25.5. The first-order valence-electron chi connectivity index (χ1n) is 7.24. The molecule has 0 atom stereocenters. The standard InChI is InChI=1S/C15H25NO5/c1-12(2,3)21-11(19)16-8-15(20,9-16)14(10(17)18)6-13(4,5)7-14/h20H,6-9H2,1-5H3,(H,17,18). The van der Waals surface area contributed by atoms with E-state index in [9.17, 15) is 19.8 Å². The average molecular weight is 299 g/mol. The van der Waals surface area contributed by atoms with Crippen LogP contribution in [0, 0.1) is 10.8 Å². The fourth-order valence-electron chi connectivity index (χ4n) is 3.60. The molecule has 1 aliphatic heterocycles. The van der Waals surface area contributed by atoms with Crippen molar-refractivity contribution in [3.05, 3.63) is 0 Å². The van der Waals surface area contributed by atoms with E-state index in [4.69, 9.17) is 4.74 Å². The maximum atomic E-state index is 11.9. The van der Waals surface area contributed by atoms with Gasteiger partial charge in [0.1, 0.15) is 16.6 Å². The highest BCUT2D eigenvalue weighted by molar-refractivity contribution is 5.80. The Kier molecular flexibility index (Phi) is 3.33. The Morgan fingerprint density at radius 3 is 1.95 bits per heavy atom. The van der Waals surface area contributed by atoms with Crippen molar-refractivity contribution in [2.75, 3.05) is 13.1 Å². The van der Waals surface area contributed by atoms with Gasteiger partial charge in [-0.3, -0.25) is 4.79 Å². The number of carbonyl (C=O) groups excluding carboxylic acids is 1. The molecule has 120 valence electrons. The van der Waals surface area contributed by atoms with Gasteiger partial charge in [0.15, 0.2) is 0 Å². The molecule has 0 radical (unpaired) electrons. The lowest BCUT2D eigenvalue weighted by molar-refractivity contribution is -0.237. The molecule has 0 bridgehead atoms. The number of carboxylic acids is 1. The minimum atomic E-state index is -1.36. The number of hydrogen-bond acceptors (Lipinski definition) is 4. The number of β-amino-alcohol motifs (C(OH)–C–C–N with tert-alkyl or cyclic N) is 1. The Balaban J connectivity index is 2.04. The average Bonchev–Trinajstić information content (AvgIpc) is 2.17. The van der Waals surface area contributed by atoms with E-state index in [-0.39, 0.29) is 18.5 Å². The van der Waals surface area contributed by atoms with Crippen molar-refractivity contribution in [3.63, 3.8) is 0 Å². The largest absolute Gasteiger partial charge is 0.481 e. The van der Waals surface area contributed by atoms with Crippen molar-refractivity contribution in [3.8, 4) is 0 Å². The van der Waals surface area contributed by atoms with Crippen LogP contribution in [0.2, 0.25) is 0 Å². The first-order chi connectivity index (χ1) is 9.30. The van der Waals surface area contributed by atoms with Gasteiger partial charge in [-0.15, -0.1) is 0 Å². The fraction of sp³-hybridized carbons (Fsp3) is 0.867. The number of amides is 1. The van der Waals surface area contributed by atoms with Gasteiger partial charge in [-0.2, -0.15) is 0 Å². The molecule has 6 nitrogen and oxygen atoms in total. The van der Waals surface area contributed by atoms with Crippen molar-refractivity contribution in [2.45, 2.75) is 58.7 Å². The van der Waals surface area contributed by atoms with Crippen LogP contribution in [0.5, 0.6) is 0 Å². The van der Waals surface area contributed by atoms with Crippen LogP contribution in [-0.4, -0.2) is 51.5 Å². The lowest BCUT2D eigenvalue weighted by atomic mass is 9.46. The molecule has 0 spiro atoms. The number of nitrogens with zero attached hydrogens (tertiary/aromatic N) is 1. The molecule has 2 N–H and O–H groups in total. The van der Waals surface area contributed by atoms with Crippen molar-refractivity contribution in [2.24, 2.45) is 10.8 Å². The summed E-state index contributed by atoms with van der Waals surface area (Å²) in [6.45, 7) is 9.32. The van der Waals surface area contributed by atoms with Gasteiger partial charge in [-0.25, -0.2) is 4.79 Å². The lowest BCUT2D eigenvalue weighted by Gasteiger charge is -2.62. The molecule has 0 aromatic rings. The van der Waals surface area contributed by atoms with Crippen LogP contribution >= 0.6 is 0 Å². The first-order valence-corrected chi connectivity index (χ1v) is 7.24. The van der Waals surface area contributed by atoms with Gasteiger partial charge in [-0.05, 0) is 39.0 Å². The summed E-state index contributed by atoms with van der Waals surface area (Å²) in [6, 6.07) is 0. The van der Waals surface area contributed by atoms with Gasteiger partial charge in [0.2, 0.25) is 0 Å². The number of rotatable bonds is 2. The predicted molar refractivity (Wildman–Crippen MR) is 75.8 cm³/mol. The number of aliphatic carboxylic acids is 1. The highest BCUT2D eigenvalue weighted by Crippen LogP contribution is 2.61. The quantitative estimate of drug-likeness (QED) is 0.812. The zero-order valence-electron chi connectivity index (χ0n) is 13.4. The lowest BCUT2D eigenvalue weighted by Crippen LogP contribution is -2.76. The van der Waals surface area contributed by atoms with Crippen molar-refractivity contribution in [1.82, 2.24) is 4.90 Å². The zero-order chi connectivity index (χ0) is 16.3. The van der Waals surface area contributed by atoms with Gasteiger partial charge in [-0.1, -0.05) is 13.8 Å². The molecule has 1 aliphatic carbocycles. The van der Waals surface area contributed by atoms with Gasteiger partial charge in [0.05, 0.1) is 13.1 Å². The Labute approximate surface area is 125 Å². The molecule has 0 unspecified atom stereocenters. The third-order valence-electron chi connectivity index (χ3n) is 4.42. The SMILES string of the molecule is CC1(C)CC(C(=O)O)(C2(O)CN(C(=O)OC(C)(C)C)C2)C1. The summed E-state index contributed by atoms with van der Waals surface area (Å²) in [5.74, 6) is -0.979. The highest BCUT2D eigenvalue weighted by Gasteiger charge is 2.69. The Bertz CT molecular complexity index is 463. The smallest absolute Gasteiger partial charge is 0.410 e. The molecular formula is C15H25NO5. The molecule has 1 amide bonds. The van der Waals surface area contributed by atoms with Crippen LogP contribution in [0.1, 0.15) is 47.5 Å². The molecule has 2 aliphatic rings. The number of ether oxygens (including phenoxy) is 1. The Hall–Kier alpha value is -1.30. The first kappa shape index (κ1) is 16.1. The maximum Gasteiger partial charge on any atom is 0.410 e. The monoisotopic (exact) mass is 299 g/mol. The molecule has 0 aromatic carbocycles. The van der Waals surface area contributed by atoms with E-state index in [0.29, 0.717) is 12.8 Å². The number of hydrogen-bond donors (Lipinski definition) is 2. The van der Waals surface area contributed by atoms with Crippen LogP contribution < -0.4 is 0 Å². The van der Waals surface area contributed by atoms with Crippen LogP contribution in [0.15, 0.2) is 0 Å². The van der Waals surface area contributed by atoms with E-state index in [1.807, 2.05) is 13.8 Å². The van der Waals surface area contributed by atoms with Gasteiger partial charge in [0, 0.05) is 0 Å². The maximum absolute atomic E-state index is 11.9. The minimum Gasteiger partial charge on any atom is -0.481 e. The van der Waals surface area contributed by atoms with Crippen molar-refractivity contribution < 1.29 is 24.5 Å². The molecule has 0 aromatic heterocycles. The fourth-order valence-corrected chi connectivity index (χ4v) is 3.60. The second-order valence-corrected chi connectivity index (χ2v) is 8.27. The minimum absolute atomic E-state index is 0.0181. The summed E-state index contributed by atoms with van der Waals surface area (Å²) in [7, 11) is 0. The van der Waals surface area contributed by atoms with E-state index in [1.165, 1.54) is 4.90 Å². The molecule has 1 saturated heterocycles. The number of likely N-dealkylation sites (tertiary alicyclic amines) is 1. The van der Waals surface area contributed by atoms with E-state index in [1.54, 1.807) is 20.8 Å². The zero-order valence-corrected chi connectivity index (χ0v) is 13.4. The molecule has 1 saturated carbocycles. The Morgan fingerprint density at radius 2 is 1.62 bits per heavy atom. The molecule has 21 heavy (non-hydrogen) atoms.